The molecule has 1 unspecified atom stereocenters. The lowest BCUT2D eigenvalue weighted by Crippen LogP contribution is -2.33. The Kier molecular flexibility index (Phi) is 6.48. The van der Waals surface area contributed by atoms with Crippen LogP contribution in [-0.4, -0.2) is 39.3 Å². The number of aryl methyl sites for hydroxylation is 2. The van der Waals surface area contributed by atoms with Crippen LogP contribution in [0.25, 0.3) is 0 Å². The van der Waals surface area contributed by atoms with Gasteiger partial charge in [-0.2, -0.15) is 5.10 Å². The quantitative estimate of drug-likeness (QED) is 0.343. The maximum Gasteiger partial charge on any atom is 0.143 e. The summed E-state index contributed by atoms with van der Waals surface area (Å²) in [6, 6.07) is 0. The van der Waals surface area contributed by atoms with Crippen molar-refractivity contribution in [3.63, 3.8) is 0 Å². The lowest BCUT2D eigenvalue weighted by molar-refractivity contribution is 0.284. The molecule has 0 saturated heterocycles. The highest BCUT2D eigenvalue weighted by Gasteiger charge is 2.17. The molecule has 0 aromatic carbocycles. The van der Waals surface area contributed by atoms with E-state index < -0.39 is 0 Å². The molecule has 0 radical (unpaired) electrons. The molecule has 0 amide bonds. The summed E-state index contributed by atoms with van der Waals surface area (Å²) in [5.74, 6) is 0.265. The van der Waals surface area contributed by atoms with Crippen molar-refractivity contribution in [3.8, 4) is 0 Å². The van der Waals surface area contributed by atoms with Crippen LogP contribution in [0.1, 0.15) is 32.2 Å². The molecule has 20 heavy (non-hydrogen) atoms. The smallest absolute Gasteiger partial charge is 0.143 e. The van der Waals surface area contributed by atoms with E-state index in [0.29, 0.717) is 0 Å². The third kappa shape index (κ3) is 3.96. The standard InChI is InChI=1S/C13H24BrN5O/c1-5-10-12(14)11(19(6-2)16-10)8-18(4)7-9(3)13(15)17-20/h9,20H,5-8H2,1-4H3,(H2,15,17). The van der Waals surface area contributed by atoms with Crippen LogP contribution in [0.5, 0.6) is 0 Å². The molecule has 1 aromatic heterocycles. The second-order valence-electron chi connectivity index (χ2n) is 5.00. The summed E-state index contributed by atoms with van der Waals surface area (Å²) >= 11 is 3.64. The minimum atomic E-state index is 0.00687. The topological polar surface area (TPSA) is 79.7 Å². The minimum absolute atomic E-state index is 0.00687. The molecule has 1 aromatic rings. The molecule has 0 bridgehead atoms. The molecule has 0 aliphatic carbocycles. The van der Waals surface area contributed by atoms with Gasteiger partial charge in [0.25, 0.3) is 0 Å². The number of hydrogen-bond donors (Lipinski definition) is 2. The zero-order valence-corrected chi connectivity index (χ0v) is 14.2. The van der Waals surface area contributed by atoms with Gasteiger partial charge in [-0.25, -0.2) is 0 Å². The molecule has 1 rings (SSSR count). The van der Waals surface area contributed by atoms with Gasteiger partial charge in [0, 0.05) is 25.6 Å². The van der Waals surface area contributed by atoms with E-state index in [-0.39, 0.29) is 11.8 Å². The summed E-state index contributed by atoms with van der Waals surface area (Å²) in [4.78, 5) is 2.15. The fraction of sp³-hybridized carbons (Fsp3) is 0.692. The Morgan fingerprint density at radius 2 is 2.20 bits per heavy atom. The lowest BCUT2D eigenvalue weighted by atomic mass is 10.1. The molecular weight excluding hydrogens is 322 g/mol. The number of halogens is 1. The van der Waals surface area contributed by atoms with Crippen LogP contribution in [0.2, 0.25) is 0 Å². The van der Waals surface area contributed by atoms with Gasteiger partial charge in [-0.05, 0) is 36.3 Å². The van der Waals surface area contributed by atoms with Gasteiger partial charge in [0.15, 0.2) is 0 Å². The second-order valence-corrected chi connectivity index (χ2v) is 5.79. The molecular formula is C13H24BrN5O. The largest absolute Gasteiger partial charge is 0.409 e. The van der Waals surface area contributed by atoms with Crippen molar-refractivity contribution >= 4 is 21.8 Å². The first-order valence-corrected chi connectivity index (χ1v) is 7.63. The highest BCUT2D eigenvalue weighted by atomic mass is 79.9. The maximum absolute atomic E-state index is 8.69. The fourth-order valence-corrected chi connectivity index (χ4v) is 2.84. The second kappa shape index (κ2) is 7.64. The monoisotopic (exact) mass is 345 g/mol. The Balaban J connectivity index is 2.80. The molecule has 114 valence electrons. The van der Waals surface area contributed by atoms with E-state index in [4.69, 9.17) is 10.9 Å². The normalized spacial score (nSPS) is 14.0. The van der Waals surface area contributed by atoms with Crippen molar-refractivity contribution in [2.24, 2.45) is 16.8 Å². The Bertz CT molecular complexity index is 472. The number of rotatable bonds is 7. The van der Waals surface area contributed by atoms with Gasteiger partial charge >= 0.3 is 0 Å². The predicted octanol–water partition coefficient (Wildman–Crippen LogP) is 2.04. The molecule has 3 N–H and O–H groups in total. The lowest BCUT2D eigenvalue weighted by Gasteiger charge is -2.21. The number of hydrogen-bond acceptors (Lipinski definition) is 4. The Hall–Kier alpha value is -1.08. The van der Waals surface area contributed by atoms with Gasteiger partial charge in [0.2, 0.25) is 0 Å². The van der Waals surface area contributed by atoms with E-state index in [1.807, 2.05) is 18.7 Å². The molecule has 6 nitrogen and oxygen atoms in total. The number of nitrogens with zero attached hydrogens (tertiary/aromatic N) is 4. The van der Waals surface area contributed by atoms with E-state index in [1.165, 1.54) is 5.69 Å². The summed E-state index contributed by atoms with van der Waals surface area (Å²) in [5, 5.41) is 16.3. The number of amidine groups is 1. The maximum atomic E-state index is 8.69. The Morgan fingerprint density at radius 3 is 2.70 bits per heavy atom. The first-order chi connectivity index (χ1) is 9.44. The SMILES string of the molecule is CCc1nn(CC)c(CN(C)CC(C)C(N)=NO)c1Br. The van der Waals surface area contributed by atoms with Crippen molar-refractivity contribution in [1.82, 2.24) is 14.7 Å². The third-order valence-corrected chi connectivity index (χ3v) is 4.24. The van der Waals surface area contributed by atoms with Crippen LogP contribution in [0.15, 0.2) is 9.63 Å². The van der Waals surface area contributed by atoms with Crippen LogP contribution in [0, 0.1) is 5.92 Å². The van der Waals surface area contributed by atoms with E-state index in [2.05, 4.69) is 44.9 Å². The van der Waals surface area contributed by atoms with Crippen molar-refractivity contribution in [2.75, 3.05) is 13.6 Å². The molecule has 1 heterocycles. The zero-order valence-electron chi connectivity index (χ0n) is 12.6. The van der Waals surface area contributed by atoms with Crippen LogP contribution in [0.4, 0.5) is 0 Å². The Morgan fingerprint density at radius 1 is 1.55 bits per heavy atom. The van der Waals surface area contributed by atoms with Gasteiger partial charge in [0.1, 0.15) is 5.84 Å². The molecule has 1 atom stereocenters. The van der Waals surface area contributed by atoms with Crippen molar-refractivity contribution in [2.45, 2.75) is 40.3 Å². The van der Waals surface area contributed by atoms with Crippen LogP contribution < -0.4 is 5.73 Å². The average Bonchev–Trinajstić information content (AvgIpc) is 2.74. The molecule has 0 saturated carbocycles. The van der Waals surface area contributed by atoms with E-state index in [0.717, 1.165) is 36.2 Å². The average molecular weight is 346 g/mol. The van der Waals surface area contributed by atoms with Crippen molar-refractivity contribution in [3.05, 3.63) is 15.9 Å². The predicted molar refractivity (Wildman–Crippen MR) is 83.9 cm³/mol. The fourth-order valence-electron chi connectivity index (χ4n) is 2.15. The van der Waals surface area contributed by atoms with Crippen LogP contribution >= 0.6 is 15.9 Å². The molecule has 0 spiro atoms. The summed E-state index contributed by atoms with van der Waals surface area (Å²) in [6.07, 6.45) is 0.908. The Labute approximate surface area is 128 Å². The molecule has 7 heteroatoms. The van der Waals surface area contributed by atoms with E-state index in [9.17, 15) is 0 Å². The van der Waals surface area contributed by atoms with Gasteiger partial charge < -0.3 is 10.9 Å². The van der Waals surface area contributed by atoms with Crippen LogP contribution in [-0.2, 0) is 19.5 Å². The van der Waals surface area contributed by atoms with Gasteiger partial charge in [-0.15, -0.1) is 0 Å². The number of oxime groups is 1. The van der Waals surface area contributed by atoms with Gasteiger partial charge in [0.05, 0.1) is 15.9 Å². The summed E-state index contributed by atoms with van der Waals surface area (Å²) in [5.41, 5.74) is 7.86. The highest BCUT2D eigenvalue weighted by molar-refractivity contribution is 9.10. The highest BCUT2D eigenvalue weighted by Crippen LogP contribution is 2.23. The summed E-state index contributed by atoms with van der Waals surface area (Å²) < 4.78 is 3.11. The van der Waals surface area contributed by atoms with Crippen molar-refractivity contribution in [1.29, 1.82) is 0 Å². The first kappa shape index (κ1) is 17.0. The number of nitrogens with two attached hydrogens (primary N) is 1. The molecule has 0 aliphatic heterocycles. The summed E-state index contributed by atoms with van der Waals surface area (Å²) in [6.45, 7) is 8.46. The van der Waals surface area contributed by atoms with E-state index >= 15 is 0 Å². The first-order valence-electron chi connectivity index (χ1n) is 6.84. The number of aromatic nitrogens is 2. The molecule has 0 aliphatic rings. The summed E-state index contributed by atoms with van der Waals surface area (Å²) in [7, 11) is 2.02. The zero-order chi connectivity index (χ0) is 15.3. The van der Waals surface area contributed by atoms with E-state index in [1.54, 1.807) is 0 Å². The van der Waals surface area contributed by atoms with Gasteiger partial charge in [-0.3, -0.25) is 9.58 Å². The minimum Gasteiger partial charge on any atom is -0.409 e. The van der Waals surface area contributed by atoms with Crippen molar-refractivity contribution < 1.29 is 5.21 Å². The van der Waals surface area contributed by atoms with Gasteiger partial charge in [-0.1, -0.05) is 19.0 Å². The third-order valence-electron chi connectivity index (χ3n) is 3.32. The van der Waals surface area contributed by atoms with Crippen LogP contribution in [0.3, 0.4) is 0 Å². The molecule has 0 fully saturated rings.